The zero-order valence-electron chi connectivity index (χ0n) is 18.8. The largest absolute Gasteiger partial charge is 0.490 e. The predicted octanol–water partition coefficient (Wildman–Crippen LogP) is 2.68. The van der Waals surface area contributed by atoms with Gasteiger partial charge < -0.3 is 20.1 Å². The molecule has 0 saturated heterocycles. The lowest BCUT2D eigenvalue weighted by molar-refractivity contribution is -0.384. The first-order chi connectivity index (χ1) is 17.4. The number of hydrogen-bond acceptors (Lipinski definition) is 9. The summed E-state index contributed by atoms with van der Waals surface area (Å²) < 4.78 is 11.3. The molecule has 0 radical (unpaired) electrons. The summed E-state index contributed by atoms with van der Waals surface area (Å²) in [4.78, 5) is 43.5. The molecule has 2 unspecified atom stereocenters. The van der Waals surface area contributed by atoms with Crippen LogP contribution in [0.15, 0.2) is 47.3 Å². The fourth-order valence-corrected chi connectivity index (χ4v) is 4.29. The van der Waals surface area contributed by atoms with Crippen LogP contribution in [0.2, 0.25) is 0 Å². The average Bonchev–Trinajstić information content (AvgIpc) is 3.11. The van der Waals surface area contributed by atoms with Crippen molar-refractivity contribution in [2.45, 2.75) is 18.9 Å². The molecule has 3 aromatic rings. The highest BCUT2D eigenvalue weighted by atomic mass is 16.6. The minimum absolute atomic E-state index is 0.00656. The second-order valence-corrected chi connectivity index (χ2v) is 8.29. The minimum Gasteiger partial charge on any atom is -0.490 e. The van der Waals surface area contributed by atoms with Gasteiger partial charge in [-0.3, -0.25) is 24.7 Å². The van der Waals surface area contributed by atoms with Crippen molar-refractivity contribution in [2.24, 2.45) is 5.92 Å². The van der Waals surface area contributed by atoms with Crippen LogP contribution in [0.5, 0.6) is 11.5 Å². The Morgan fingerprint density at radius 2 is 1.97 bits per heavy atom. The normalized spacial score (nSPS) is 18.2. The van der Waals surface area contributed by atoms with Crippen LogP contribution in [0.4, 0.5) is 17.5 Å². The predicted molar refractivity (Wildman–Crippen MR) is 127 cm³/mol. The number of ether oxygens (including phenoxy) is 2. The molecule has 0 aliphatic carbocycles. The van der Waals surface area contributed by atoms with E-state index >= 15 is 0 Å². The third-order valence-corrected chi connectivity index (χ3v) is 5.97. The van der Waals surface area contributed by atoms with Crippen molar-refractivity contribution >= 4 is 23.4 Å². The average molecular weight is 488 g/mol. The molecule has 3 heterocycles. The number of fused-ring (bicyclic) bond motifs is 2. The number of nitro benzene ring substituents is 1. The van der Waals surface area contributed by atoms with Crippen LogP contribution < -0.4 is 25.7 Å². The van der Waals surface area contributed by atoms with E-state index in [0.717, 1.165) is 12.0 Å². The first-order valence-electron chi connectivity index (χ1n) is 11.2. The molecule has 0 spiro atoms. The summed E-state index contributed by atoms with van der Waals surface area (Å²) in [6, 6.07) is 13.0. The lowest BCUT2D eigenvalue weighted by Crippen LogP contribution is -2.38. The number of nitriles is 1. The quantitative estimate of drug-likeness (QED) is 0.360. The lowest BCUT2D eigenvalue weighted by Gasteiger charge is -2.28. The van der Waals surface area contributed by atoms with Crippen LogP contribution in [0.1, 0.15) is 29.0 Å². The number of amides is 1. The van der Waals surface area contributed by atoms with E-state index in [1.807, 2.05) is 24.3 Å². The number of carbonyl (C=O) groups is 1. The first-order valence-corrected chi connectivity index (χ1v) is 11.2. The molecule has 3 N–H and O–H groups in total. The Morgan fingerprint density at radius 1 is 1.17 bits per heavy atom. The maximum absolute atomic E-state index is 13.1. The van der Waals surface area contributed by atoms with Crippen molar-refractivity contribution in [3.05, 3.63) is 79.6 Å². The standard InChI is InChI=1S/C24H20N6O6/c25-11-16-19(14-3-1-4-15(10-14)30(33)34)20-21(27-22(16)31)28-24(29-23(20)32)26-12-13-5-6-17-18(9-13)36-8-2-7-35-17/h1,3-6,9-10,16,19H,2,7-8,12H2,(H3,26,27,28,29,31,32). The molecule has 182 valence electrons. The SMILES string of the molecule is N#CC1C(=O)Nc2nc(NCc3ccc4c(c3)OCCCO4)[nH]c(=O)c2C1c1cccc([N+](=O)[O-])c1. The zero-order valence-corrected chi connectivity index (χ0v) is 18.8. The minimum atomic E-state index is -1.26. The monoisotopic (exact) mass is 488 g/mol. The molecular weight excluding hydrogens is 468 g/mol. The summed E-state index contributed by atoms with van der Waals surface area (Å²) in [5.74, 6) is -1.53. The van der Waals surface area contributed by atoms with Crippen molar-refractivity contribution < 1.29 is 19.2 Å². The molecule has 2 aliphatic heterocycles. The van der Waals surface area contributed by atoms with E-state index in [9.17, 15) is 25.0 Å². The lowest BCUT2D eigenvalue weighted by atomic mass is 9.79. The smallest absolute Gasteiger partial charge is 0.269 e. The number of nitro groups is 1. The maximum atomic E-state index is 13.1. The van der Waals surface area contributed by atoms with E-state index in [2.05, 4.69) is 20.6 Å². The molecule has 2 atom stereocenters. The molecule has 2 aliphatic rings. The molecule has 36 heavy (non-hydrogen) atoms. The molecular formula is C24H20N6O6. The van der Waals surface area contributed by atoms with Crippen LogP contribution in [0.25, 0.3) is 0 Å². The van der Waals surface area contributed by atoms with Gasteiger partial charge in [0.15, 0.2) is 11.5 Å². The third-order valence-electron chi connectivity index (χ3n) is 5.97. The van der Waals surface area contributed by atoms with E-state index in [4.69, 9.17) is 9.47 Å². The van der Waals surface area contributed by atoms with Gasteiger partial charge in [0.2, 0.25) is 11.9 Å². The molecule has 5 rings (SSSR count). The molecule has 0 bridgehead atoms. The van der Waals surface area contributed by atoms with Crippen LogP contribution in [0.3, 0.4) is 0 Å². The van der Waals surface area contributed by atoms with Gasteiger partial charge in [0, 0.05) is 31.0 Å². The van der Waals surface area contributed by atoms with Gasteiger partial charge in [-0.05, 0) is 23.3 Å². The summed E-state index contributed by atoms with van der Waals surface area (Å²) in [7, 11) is 0. The van der Waals surface area contributed by atoms with Crippen LogP contribution in [0, 0.1) is 27.4 Å². The number of nitrogens with zero attached hydrogens (tertiary/aromatic N) is 3. The Hall–Kier alpha value is -4.92. The second-order valence-electron chi connectivity index (χ2n) is 8.29. The highest BCUT2D eigenvalue weighted by Crippen LogP contribution is 2.39. The van der Waals surface area contributed by atoms with Gasteiger partial charge in [-0.15, -0.1) is 0 Å². The van der Waals surface area contributed by atoms with Crippen LogP contribution in [-0.2, 0) is 11.3 Å². The van der Waals surface area contributed by atoms with Gasteiger partial charge in [-0.2, -0.15) is 10.2 Å². The Kier molecular flexibility index (Phi) is 5.95. The highest BCUT2D eigenvalue weighted by Gasteiger charge is 2.40. The molecule has 0 saturated carbocycles. The summed E-state index contributed by atoms with van der Waals surface area (Å²) in [6.07, 6.45) is 0.790. The van der Waals surface area contributed by atoms with E-state index in [1.165, 1.54) is 18.2 Å². The van der Waals surface area contributed by atoms with Crippen LogP contribution in [-0.4, -0.2) is 34.0 Å². The number of aromatic nitrogens is 2. The number of hydrogen-bond donors (Lipinski definition) is 3. The van der Waals surface area contributed by atoms with Gasteiger partial charge in [-0.25, -0.2) is 0 Å². The third kappa shape index (κ3) is 4.29. The number of rotatable bonds is 5. The summed E-state index contributed by atoms with van der Waals surface area (Å²) in [5, 5.41) is 26.4. The van der Waals surface area contributed by atoms with Gasteiger partial charge in [-0.1, -0.05) is 18.2 Å². The van der Waals surface area contributed by atoms with E-state index < -0.39 is 28.2 Å². The summed E-state index contributed by atoms with van der Waals surface area (Å²) in [6.45, 7) is 1.43. The Bertz CT molecular complexity index is 1460. The Labute approximate surface area is 204 Å². The molecule has 12 nitrogen and oxygen atoms in total. The van der Waals surface area contributed by atoms with E-state index in [-0.39, 0.29) is 23.0 Å². The number of anilines is 2. The Balaban J connectivity index is 1.46. The second kappa shape index (κ2) is 9.38. The molecule has 0 fully saturated rings. The number of H-pyrrole nitrogens is 1. The van der Waals surface area contributed by atoms with Crippen molar-refractivity contribution in [1.82, 2.24) is 9.97 Å². The molecule has 1 amide bonds. The van der Waals surface area contributed by atoms with Crippen molar-refractivity contribution in [3.63, 3.8) is 0 Å². The van der Waals surface area contributed by atoms with Gasteiger partial charge >= 0.3 is 0 Å². The zero-order chi connectivity index (χ0) is 25.2. The molecule has 12 heteroatoms. The van der Waals surface area contributed by atoms with Crippen molar-refractivity contribution in [3.8, 4) is 17.6 Å². The fourth-order valence-electron chi connectivity index (χ4n) is 4.29. The number of benzene rings is 2. The van der Waals surface area contributed by atoms with Crippen molar-refractivity contribution in [1.29, 1.82) is 5.26 Å². The summed E-state index contributed by atoms with van der Waals surface area (Å²) in [5.41, 5.74) is 0.421. The number of non-ortho nitro benzene ring substituents is 1. The molecule has 2 aromatic carbocycles. The van der Waals surface area contributed by atoms with Gasteiger partial charge in [0.05, 0.1) is 29.8 Å². The van der Waals surface area contributed by atoms with Crippen LogP contribution >= 0.6 is 0 Å². The van der Waals surface area contributed by atoms with E-state index in [1.54, 1.807) is 6.07 Å². The number of nitrogens with one attached hydrogen (secondary N) is 3. The Morgan fingerprint density at radius 3 is 2.75 bits per heavy atom. The fraction of sp³-hybridized carbons (Fsp3) is 0.250. The topological polar surface area (TPSA) is 172 Å². The highest BCUT2D eigenvalue weighted by molar-refractivity contribution is 5.98. The van der Waals surface area contributed by atoms with Crippen molar-refractivity contribution in [2.75, 3.05) is 23.8 Å². The number of aromatic amines is 1. The maximum Gasteiger partial charge on any atom is 0.269 e. The van der Waals surface area contributed by atoms with Gasteiger partial charge in [0.25, 0.3) is 11.2 Å². The van der Waals surface area contributed by atoms with E-state index in [0.29, 0.717) is 36.8 Å². The number of carbonyl (C=O) groups excluding carboxylic acids is 1. The molecule has 1 aromatic heterocycles. The summed E-state index contributed by atoms with van der Waals surface area (Å²) >= 11 is 0. The first kappa shape index (κ1) is 22.9. The van der Waals surface area contributed by atoms with Gasteiger partial charge in [0.1, 0.15) is 11.7 Å².